The van der Waals surface area contributed by atoms with Gasteiger partial charge in [-0.3, -0.25) is 0 Å². The average Bonchev–Trinajstić information content (AvgIpc) is 1.20. The number of nitrogens with zero attached hydrogens (tertiary/aromatic N) is 2. The predicted molar refractivity (Wildman–Crippen MR) is 441 cm³/mol. The molecule has 0 aliphatic heterocycles. The third-order valence-electron chi connectivity index (χ3n) is 21.9. The highest BCUT2D eigenvalue weighted by Gasteiger charge is 2.39. The van der Waals surface area contributed by atoms with Crippen molar-refractivity contribution in [1.29, 1.82) is 0 Å². The first-order chi connectivity index (χ1) is 43.9. The van der Waals surface area contributed by atoms with Crippen molar-refractivity contribution in [3.05, 3.63) is 200 Å². The van der Waals surface area contributed by atoms with Crippen molar-refractivity contribution >= 4 is 275 Å². The fourth-order valence-electron chi connectivity index (χ4n) is 16.0. The van der Waals surface area contributed by atoms with Crippen LogP contribution < -0.4 is 81.9 Å². The fourth-order valence-corrected chi connectivity index (χ4v) is 20.5. The van der Waals surface area contributed by atoms with E-state index in [4.69, 9.17) is 4.42 Å². The number of aromatic nitrogens is 2. The summed E-state index contributed by atoms with van der Waals surface area (Å²) in [6.07, 6.45) is 0. The second-order valence-electron chi connectivity index (χ2n) is 25.9. The molecular formula is C72H63B15N2OS. The Bertz CT molecular complexity index is 5410. The SMILES string of the molecule is Bc1c(B)c(B)c(-c2cc(S(c3ccccc3)(c3ccccc3)c3c(B)c(B)c(B)c(B)c3B)cc(-c3c(B)c(B)c(B)c(B)c3B)c2-n2c3ccccc3c3cc(-n4c5ccccc5c5cccc(-c6cccc7oc8ccccc8c67)c54)ccc32)c(B)c1B. The van der Waals surface area contributed by atoms with Gasteiger partial charge in [-0.15, -0.1) is 59.2 Å². The highest BCUT2D eigenvalue weighted by atomic mass is 32.3. The van der Waals surface area contributed by atoms with Crippen molar-refractivity contribution < 1.29 is 4.42 Å². The van der Waals surface area contributed by atoms with E-state index < -0.39 is 10.0 Å². The first-order valence-electron chi connectivity index (χ1n) is 32.3. The summed E-state index contributed by atoms with van der Waals surface area (Å²) in [5, 5.41) is 7.08. The van der Waals surface area contributed by atoms with E-state index in [1.165, 1.54) is 162 Å². The molecule has 3 aromatic heterocycles. The predicted octanol–water partition coefficient (Wildman–Crippen LogP) is -6.00. The van der Waals surface area contributed by atoms with Gasteiger partial charge in [0, 0.05) is 69.4 Å². The summed E-state index contributed by atoms with van der Waals surface area (Å²) in [6, 6.07) is 75.8. The molecule has 418 valence electrons. The molecule has 0 aliphatic carbocycles. The van der Waals surface area contributed by atoms with Gasteiger partial charge in [0.2, 0.25) is 0 Å². The Kier molecular flexibility index (Phi) is 14.2. The van der Waals surface area contributed by atoms with Crippen molar-refractivity contribution in [2.45, 2.75) is 19.6 Å². The van der Waals surface area contributed by atoms with Crippen LogP contribution in [0, 0.1) is 0 Å². The highest BCUT2D eigenvalue weighted by molar-refractivity contribution is 8.34. The molecule has 0 unspecified atom stereocenters. The molecule has 19 heteroatoms. The lowest BCUT2D eigenvalue weighted by Crippen LogP contribution is -2.56. The molecule has 0 fully saturated rings. The molecule has 0 amide bonds. The topological polar surface area (TPSA) is 23.0 Å². The molecule has 0 radical (unpaired) electrons. The van der Waals surface area contributed by atoms with Crippen LogP contribution in [0.4, 0.5) is 0 Å². The van der Waals surface area contributed by atoms with Crippen molar-refractivity contribution in [2.75, 3.05) is 0 Å². The summed E-state index contributed by atoms with van der Waals surface area (Å²) < 4.78 is 11.8. The van der Waals surface area contributed by atoms with Crippen molar-refractivity contribution in [3.8, 4) is 44.8 Å². The third-order valence-corrected chi connectivity index (χ3v) is 26.1. The molecule has 15 rings (SSSR count). The van der Waals surface area contributed by atoms with Crippen LogP contribution in [0.25, 0.3) is 110 Å². The number of para-hydroxylation sites is 4. The van der Waals surface area contributed by atoms with E-state index >= 15 is 0 Å². The summed E-state index contributed by atoms with van der Waals surface area (Å²) in [7, 11) is 33.1. The normalized spacial score (nSPS) is 12.1. The first kappa shape index (κ1) is 58.7. The average molecular weight is 1170 g/mol. The molecule has 15 aromatic rings. The lowest BCUT2D eigenvalue weighted by atomic mass is 9.58. The van der Waals surface area contributed by atoms with Crippen molar-refractivity contribution in [3.63, 3.8) is 0 Å². The number of benzene rings is 12. The summed E-state index contributed by atoms with van der Waals surface area (Å²) >= 11 is 0. The standard InChI is InChI=1S/C72H63B15N2OS/c73-55-53(56(74)60(78)63(81)59(55)77)45-32-37(91(35-15-3-1-4-16-35,36-17-5-2-6-18-36)72-68(86)66(84)65(83)67(85)69(72)87)33-46(54-57(75)61(79)64(82)62(80)58(54)76)71(45)89-48-26-11-8-20-39(48)44-31-34(29-30-49(44)89)88-47-25-10-7-19-38(47)41-23-13-24-42(70(41)88)40-22-14-28-51-52(40)43-21-9-12-27-50(43)90-51/h1-33H,73-87H2. The van der Waals surface area contributed by atoms with Gasteiger partial charge in [-0.2, -0.15) is 0 Å². The van der Waals surface area contributed by atoms with Crippen LogP contribution in [0.2, 0.25) is 0 Å². The minimum Gasteiger partial charge on any atom is -0.456 e. The van der Waals surface area contributed by atoms with E-state index in [-0.39, 0.29) is 0 Å². The Balaban J connectivity index is 1.13. The highest BCUT2D eigenvalue weighted by Crippen LogP contribution is 2.73. The van der Waals surface area contributed by atoms with Gasteiger partial charge in [0.25, 0.3) is 0 Å². The second kappa shape index (κ2) is 22.1. The summed E-state index contributed by atoms with van der Waals surface area (Å²) in [6.45, 7) is 0. The van der Waals surface area contributed by atoms with E-state index in [2.05, 4.69) is 327 Å². The zero-order valence-corrected chi connectivity index (χ0v) is 56.1. The lowest BCUT2D eigenvalue weighted by molar-refractivity contribution is 0.669. The van der Waals surface area contributed by atoms with Crippen LogP contribution in [0.1, 0.15) is 0 Å². The number of fused-ring (bicyclic) bond motifs is 9. The Hall–Kier alpha value is -8.64. The molecule has 0 spiro atoms. The molecule has 3 nitrogen and oxygen atoms in total. The van der Waals surface area contributed by atoms with Crippen LogP contribution in [-0.2, 0) is 0 Å². The van der Waals surface area contributed by atoms with E-state index in [9.17, 15) is 0 Å². The summed E-state index contributed by atoms with van der Waals surface area (Å²) in [5.41, 5.74) is 36.2. The molecular weight excluding hydrogens is 1100 g/mol. The minimum absolute atomic E-state index is 0.889. The molecule has 0 aliphatic rings. The zero-order chi connectivity index (χ0) is 63.2. The van der Waals surface area contributed by atoms with Crippen molar-refractivity contribution in [1.82, 2.24) is 9.13 Å². The van der Waals surface area contributed by atoms with Crippen molar-refractivity contribution in [2.24, 2.45) is 0 Å². The number of rotatable bonds is 9. The number of furan rings is 1. The maximum absolute atomic E-state index is 6.56. The molecule has 91 heavy (non-hydrogen) atoms. The molecule has 0 atom stereocenters. The second-order valence-corrected chi connectivity index (χ2v) is 29.0. The number of hydrogen-bond acceptors (Lipinski definition) is 1. The van der Waals surface area contributed by atoms with E-state index in [1.54, 1.807) is 0 Å². The van der Waals surface area contributed by atoms with Gasteiger partial charge in [-0.05, 0) is 100 Å². The molecule has 12 aromatic carbocycles. The molecule has 0 saturated carbocycles. The van der Waals surface area contributed by atoms with Gasteiger partial charge >= 0.3 is 0 Å². The van der Waals surface area contributed by atoms with E-state index in [0.717, 1.165) is 49.8 Å². The van der Waals surface area contributed by atoms with Gasteiger partial charge < -0.3 is 13.6 Å². The Morgan fingerprint density at radius 1 is 0.275 bits per heavy atom. The van der Waals surface area contributed by atoms with Gasteiger partial charge in [-0.1, -0.05) is 154 Å². The Labute approximate surface area is 549 Å². The Morgan fingerprint density at radius 3 is 1.23 bits per heavy atom. The lowest BCUT2D eigenvalue weighted by Gasteiger charge is -2.46. The fraction of sp³-hybridized carbons (Fsp3) is 0. The molecule has 0 bridgehead atoms. The quantitative estimate of drug-likeness (QED) is 0.132. The van der Waals surface area contributed by atoms with Gasteiger partial charge in [-0.25, -0.2) is 0 Å². The summed E-state index contributed by atoms with van der Waals surface area (Å²) in [5.74, 6) is 0. The maximum atomic E-state index is 6.56. The first-order valence-corrected chi connectivity index (χ1v) is 33.9. The summed E-state index contributed by atoms with van der Waals surface area (Å²) in [4.78, 5) is 5.39. The van der Waals surface area contributed by atoms with Crippen LogP contribution in [-0.4, -0.2) is 127 Å². The molecule has 0 N–H and O–H groups in total. The van der Waals surface area contributed by atoms with Crippen LogP contribution in [0.3, 0.4) is 0 Å². The zero-order valence-electron chi connectivity index (χ0n) is 55.3. The largest absolute Gasteiger partial charge is 0.456 e. The minimum atomic E-state index is -2.30. The van der Waals surface area contributed by atoms with Crippen LogP contribution in [0.5, 0.6) is 0 Å². The monoisotopic (exact) mass is 1170 g/mol. The van der Waals surface area contributed by atoms with Gasteiger partial charge in [0.15, 0.2) is 0 Å². The third kappa shape index (κ3) is 8.51. The Morgan fingerprint density at radius 2 is 0.681 bits per heavy atom. The smallest absolute Gasteiger partial charge is 0.139 e. The van der Waals surface area contributed by atoms with Crippen LogP contribution in [0.15, 0.2) is 224 Å². The molecule has 0 saturated heterocycles. The van der Waals surface area contributed by atoms with E-state index in [1.807, 2.05) is 0 Å². The molecule has 3 heterocycles. The van der Waals surface area contributed by atoms with Gasteiger partial charge in [0.1, 0.15) is 129 Å². The van der Waals surface area contributed by atoms with Crippen LogP contribution >= 0.6 is 10.0 Å². The maximum Gasteiger partial charge on any atom is 0.139 e. The van der Waals surface area contributed by atoms with Gasteiger partial charge in [0.05, 0.1) is 27.8 Å². The number of hydrogen-bond donors (Lipinski definition) is 0. The van der Waals surface area contributed by atoms with E-state index in [0.29, 0.717) is 0 Å².